The number of amides is 1. The van der Waals surface area contributed by atoms with Crippen molar-refractivity contribution in [3.8, 4) is 17.2 Å². The molecular weight excluding hydrogens is 292 g/mol. The Morgan fingerprint density at radius 1 is 1.09 bits per heavy atom. The maximum absolute atomic E-state index is 11.8. The predicted molar refractivity (Wildman–Crippen MR) is 88.1 cm³/mol. The smallest absolute Gasteiger partial charge is 0.273 e. The van der Waals surface area contributed by atoms with Crippen molar-refractivity contribution in [1.82, 2.24) is 10.3 Å². The van der Waals surface area contributed by atoms with Gasteiger partial charge in [0.1, 0.15) is 11.5 Å². The van der Waals surface area contributed by atoms with E-state index in [-0.39, 0.29) is 11.4 Å². The monoisotopic (exact) mass is 308 g/mol. The first-order valence-corrected chi connectivity index (χ1v) is 7.18. The summed E-state index contributed by atoms with van der Waals surface area (Å²) in [5, 5.41) is 14.1. The van der Waals surface area contributed by atoms with Crippen LogP contribution < -0.4 is 10.1 Å². The lowest BCUT2D eigenvalue weighted by atomic mass is 10.1. The molecule has 0 unspecified atom stereocenters. The SMILES string of the molecule is CNC(=O)c1nc(C)c2cc(Oc3ccccc3)ccc2c1O. The average molecular weight is 308 g/mol. The molecule has 0 aliphatic heterocycles. The lowest BCUT2D eigenvalue weighted by Crippen LogP contribution is -2.19. The second kappa shape index (κ2) is 5.96. The van der Waals surface area contributed by atoms with E-state index in [1.54, 1.807) is 25.1 Å². The predicted octanol–water partition coefficient (Wildman–Crippen LogP) is 3.40. The molecule has 5 heteroatoms. The largest absolute Gasteiger partial charge is 0.505 e. The fourth-order valence-corrected chi connectivity index (χ4v) is 2.40. The zero-order valence-electron chi connectivity index (χ0n) is 12.8. The minimum atomic E-state index is -0.419. The summed E-state index contributed by atoms with van der Waals surface area (Å²) in [6, 6.07) is 14.7. The number of aryl methyl sites for hydroxylation is 1. The van der Waals surface area contributed by atoms with Crippen molar-refractivity contribution in [1.29, 1.82) is 0 Å². The van der Waals surface area contributed by atoms with E-state index in [0.717, 1.165) is 11.1 Å². The van der Waals surface area contributed by atoms with Crippen LogP contribution in [-0.2, 0) is 0 Å². The quantitative estimate of drug-likeness (QED) is 0.778. The van der Waals surface area contributed by atoms with Crippen LogP contribution in [0.3, 0.4) is 0 Å². The summed E-state index contributed by atoms with van der Waals surface area (Å²) in [5.41, 5.74) is 0.670. The van der Waals surface area contributed by atoms with Gasteiger partial charge in [0.05, 0.1) is 0 Å². The molecule has 0 bridgehead atoms. The molecular formula is C18H16N2O3. The van der Waals surface area contributed by atoms with Crippen molar-refractivity contribution < 1.29 is 14.6 Å². The molecule has 0 spiro atoms. The minimum absolute atomic E-state index is 0.0224. The molecule has 2 aromatic carbocycles. The van der Waals surface area contributed by atoms with Gasteiger partial charge in [-0.2, -0.15) is 0 Å². The van der Waals surface area contributed by atoms with E-state index in [1.807, 2.05) is 30.3 Å². The van der Waals surface area contributed by atoms with Crippen molar-refractivity contribution in [2.75, 3.05) is 7.05 Å². The zero-order valence-corrected chi connectivity index (χ0v) is 12.8. The Hall–Kier alpha value is -3.08. The third-order valence-electron chi connectivity index (χ3n) is 3.56. The number of aromatic hydroxyl groups is 1. The molecule has 3 rings (SSSR count). The Labute approximate surface area is 133 Å². The first-order valence-electron chi connectivity index (χ1n) is 7.18. The van der Waals surface area contributed by atoms with Crippen LogP contribution in [0.4, 0.5) is 0 Å². The number of nitrogens with one attached hydrogen (secondary N) is 1. The maximum Gasteiger partial charge on any atom is 0.273 e. The highest BCUT2D eigenvalue weighted by Gasteiger charge is 2.17. The van der Waals surface area contributed by atoms with Gasteiger partial charge < -0.3 is 15.2 Å². The summed E-state index contributed by atoms with van der Waals surface area (Å²) in [6.45, 7) is 1.79. The lowest BCUT2D eigenvalue weighted by Gasteiger charge is -2.11. The highest BCUT2D eigenvalue weighted by Crippen LogP contribution is 2.33. The normalized spacial score (nSPS) is 10.5. The molecule has 0 aliphatic carbocycles. The Balaban J connectivity index is 2.07. The van der Waals surface area contributed by atoms with Crippen LogP contribution >= 0.6 is 0 Å². The number of carbonyl (C=O) groups excluding carboxylic acids is 1. The fourth-order valence-electron chi connectivity index (χ4n) is 2.40. The minimum Gasteiger partial charge on any atom is -0.505 e. The summed E-state index contributed by atoms with van der Waals surface area (Å²) >= 11 is 0. The van der Waals surface area contributed by atoms with Crippen LogP contribution in [0.5, 0.6) is 17.2 Å². The van der Waals surface area contributed by atoms with Crippen LogP contribution in [0.15, 0.2) is 48.5 Å². The summed E-state index contributed by atoms with van der Waals surface area (Å²) < 4.78 is 5.79. The number of para-hydroxylation sites is 1. The number of nitrogens with zero attached hydrogens (tertiary/aromatic N) is 1. The second-order valence-corrected chi connectivity index (χ2v) is 5.10. The van der Waals surface area contributed by atoms with Crippen LogP contribution in [0, 0.1) is 6.92 Å². The molecule has 2 N–H and O–H groups in total. The summed E-state index contributed by atoms with van der Waals surface area (Å²) in [5.74, 6) is 0.817. The van der Waals surface area contributed by atoms with Crippen LogP contribution in [0.2, 0.25) is 0 Å². The summed E-state index contributed by atoms with van der Waals surface area (Å²) in [7, 11) is 1.50. The van der Waals surface area contributed by atoms with Crippen LogP contribution in [0.25, 0.3) is 10.8 Å². The molecule has 1 aromatic heterocycles. The number of carbonyl (C=O) groups is 1. The van der Waals surface area contributed by atoms with E-state index in [2.05, 4.69) is 10.3 Å². The van der Waals surface area contributed by atoms with Gasteiger partial charge in [-0.15, -0.1) is 0 Å². The molecule has 0 radical (unpaired) electrons. The van der Waals surface area contributed by atoms with Gasteiger partial charge in [-0.05, 0) is 37.3 Å². The van der Waals surface area contributed by atoms with Crippen molar-refractivity contribution in [3.05, 3.63) is 59.9 Å². The highest BCUT2D eigenvalue weighted by molar-refractivity contribution is 6.02. The van der Waals surface area contributed by atoms with Crippen molar-refractivity contribution in [2.24, 2.45) is 0 Å². The second-order valence-electron chi connectivity index (χ2n) is 5.10. The molecule has 0 atom stereocenters. The average Bonchev–Trinajstić information content (AvgIpc) is 2.58. The van der Waals surface area contributed by atoms with E-state index in [4.69, 9.17) is 4.74 Å². The Kier molecular flexibility index (Phi) is 3.85. The van der Waals surface area contributed by atoms with Crippen molar-refractivity contribution >= 4 is 16.7 Å². The zero-order chi connectivity index (χ0) is 16.4. The first kappa shape index (κ1) is 14.8. The number of hydrogen-bond acceptors (Lipinski definition) is 4. The summed E-state index contributed by atoms with van der Waals surface area (Å²) in [6.07, 6.45) is 0. The molecule has 3 aromatic rings. The van der Waals surface area contributed by atoms with E-state index in [0.29, 0.717) is 16.8 Å². The lowest BCUT2D eigenvalue weighted by molar-refractivity contribution is 0.0955. The molecule has 0 saturated carbocycles. The summed E-state index contributed by atoms with van der Waals surface area (Å²) in [4.78, 5) is 16.0. The van der Waals surface area contributed by atoms with Crippen LogP contribution in [0.1, 0.15) is 16.2 Å². The van der Waals surface area contributed by atoms with Crippen molar-refractivity contribution in [3.63, 3.8) is 0 Å². The van der Waals surface area contributed by atoms with Gasteiger partial charge in [0.2, 0.25) is 0 Å². The standard InChI is InChI=1S/C18H16N2O3/c1-11-15-10-13(23-12-6-4-3-5-7-12)8-9-14(15)17(21)16(20-11)18(22)19-2/h3-10,21H,1-2H3,(H,19,22). The number of ether oxygens (including phenoxy) is 1. The van der Waals surface area contributed by atoms with Crippen molar-refractivity contribution in [2.45, 2.75) is 6.92 Å². The maximum atomic E-state index is 11.8. The Morgan fingerprint density at radius 2 is 1.83 bits per heavy atom. The van der Waals surface area contributed by atoms with Gasteiger partial charge in [0.25, 0.3) is 5.91 Å². The van der Waals surface area contributed by atoms with E-state index in [9.17, 15) is 9.90 Å². The van der Waals surface area contributed by atoms with Crippen LogP contribution in [-0.4, -0.2) is 23.0 Å². The van der Waals surface area contributed by atoms with Gasteiger partial charge in [-0.25, -0.2) is 4.98 Å². The first-order chi connectivity index (χ1) is 11.1. The number of pyridine rings is 1. The molecule has 1 heterocycles. The number of benzene rings is 2. The van der Waals surface area contributed by atoms with Gasteiger partial charge in [-0.1, -0.05) is 18.2 Å². The third kappa shape index (κ3) is 2.81. The number of aromatic nitrogens is 1. The fraction of sp³-hybridized carbons (Fsp3) is 0.111. The van der Waals surface area contributed by atoms with E-state index >= 15 is 0 Å². The molecule has 23 heavy (non-hydrogen) atoms. The Bertz CT molecular complexity index is 876. The molecule has 1 amide bonds. The molecule has 0 fully saturated rings. The molecule has 5 nitrogen and oxygen atoms in total. The number of hydrogen-bond donors (Lipinski definition) is 2. The van der Waals surface area contributed by atoms with Gasteiger partial charge in [-0.3, -0.25) is 4.79 Å². The van der Waals surface area contributed by atoms with Gasteiger partial charge in [0.15, 0.2) is 11.4 Å². The highest BCUT2D eigenvalue weighted by atomic mass is 16.5. The Morgan fingerprint density at radius 3 is 2.52 bits per heavy atom. The molecule has 116 valence electrons. The molecule has 0 aliphatic rings. The number of fused-ring (bicyclic) bond motifs is 1. The number of rotatable bonds is 3. The van der Waals surface area contributed by atoms with Gasteiger partial charge in [0, 0.05) is 23.5 Å². The van der Waals surface area contributed by atoms with E-state index in [1.165, 1.54) is 7.05 Å². The topological polar surface area (TPSA) is 71.5 Å². The van der Waals surface area contributed by atoms with Gasteiger partial charge >= 0.3 is 0 Å². The third-order valence-corrected chi connectivity index (χ3v) is 3.56. The molecule has 0 saturated heterocycles. The van der Waals surface area contributed by atoms with E-state index < -0.39 is 5.91 Å².